The number of imidazole rings is 1. The summed E-state index contributed by atoms with van der Waals surface area (Å²) >= 11 is 1.36. The van der Waals surface area contributed by atoms with Gasteiger partial charge in [-0.15, -0.1) is 5.10 Å². The number of rotatable bonds is 6. The molecule has 2 aromatic carbocycles. The Hall–Kier alpha value is -6.67. The lowest BCUT2D eigenvalue weighted by Crippen LogP contribution is -2.04. The molecule has 0 aliphatic carbocycles. The van der Waals surface area contributed by atoms with Crippen LogP contribution in [0.25, 0.3) is 89.9 Å². The van der Waals surface area contributed by atoms with E-state index in [1.807, 2.05) is 47.8 Å². The predicted octanol–water partition coefficient (Wildman–Crippen LogP) is 6.06. The maximum Gasteiger partial charge on any atom is 0.180 e. The molecule has 9 aromatic rings. The van der Waals surface area contributed by atoms with E-state index in [1.165, 1.54) is 11.5 Å². The second-order valence-corrected chi connectivity index (χ2v) is 11.1. The second kappa shape index (κ2) is 11.0. The number of hydrogen-bond acceptors (Lipinski definition) is 12. The Bertz CT molecular complexity index is 2500. The van der Waals surface area contributed by atoms with Crippen molar-refractivity contribution in [2.75, 3.05) is 0 Å². The molecule has 0 fully saturated rings. The lowest BCUT2D eigenvalue weighted by Gasteiger charge is -2.20. The Kier molecular flexibility index (Phi) is 6.28. The fraction of sp³-hybridized carbons (Fsp3) is 0. The van der Waals surface area contributed by atoms with Crippen molar-refractivity contribution in [3.63, 3.8) is 0 Å². The summed E-state index contributed by atoms with van der Waals surface area (Å²) < 4.78 is 4.74. The summed E-state index contributed by atoms with van der Waals surface area (Å²) in [4.78, 5) is 36.8. The number of H-pyrrole nitrogens is 2. The maximum absolute atomic E-state index is 5.30. The molecular weight excluding hydrogens is 611 g/mol. The van der Waals surface area contributed by atoms with Gasteiger partial charge in [0.2, 0.25) is 0 Å². The molecule has 9 rings (SSSR count). The molecule has 0 aliphatic rings. The van der Waals surface area contributed by atoms with E-state index in [4.69, 9.17) is 19.3 Å². The Morgan fingerprint density at radius 1 is 0.681 bits per heavy atom. The molecule has 222 valence electrons. The van der Waals surface area contributed by atoms with Gasteiger partial charge in [-0.3, -0.25) is 9.97 Å². The topological polar surface area (TPSA) is 173 Å². The fourth-order valence-corrected chi connectivity index (χ4v) is 6.36. The zero-order chi connectivity index (χ0) is 31.2. The number of nitrogens with zero attached hydrogens (tertiary/aromatic N) is 11. The van der Waals surface area contributed by atoms with E-state index in [0.717, 1.165) is 38.5 Å². The lowest BCUT2D eigenvalue weighted by atomic mass is 9.86. The van der Waals surface area contributed by atoms with Crippen LogP contribution in [0.15, 0.2) is 103 Å². The van der Waals surface area contributed by atoms with Gasteiger partial charge in [-0.2, -0.15) is 4.37 Å². The molecule has 7 aromatic heterocycles. The molecule has 0 aliphatic heterocycles. The van der Waals surface area contributed by atoms with Crippen molar-refractivity contribution in [3.8, 4) is 68.2 Å². The highest BCUT2D eigenvalue weighted by molar-refractivity contribution is 7.03. The van der Waals surface area contributed by atoms with Crippen molar-refractivity contribution in [3.05, 3.63) is 103 Å². The minimum Gasteiger partial charge on any atom is -0.345 e. The summed E-state index contributed by atoms with van der Waals surface area (Å²) in [5, 5.41) is 19.8. The quantitative estimate of drug-likeness (QED) is 0.219. The van der Waals surface area contributed by atoms with Crippen molar-refractivity contribution < 1.29 is 0 Å². The van der Waals surface area contributed by atoms with Gasteiger partial charge < -0.3 is 4.98 Å². The third kappa shape index (κ3) is 4.50. The summed E-state index contributed by atoms with van der Waals surface area (Å²) in [6.07, 6.45) is 11.8. The average molecular weight is 630 g/mol. The zero-order valence-corrected chi connectivity index (χ0v) is 25.0. The van der Waals surface area contributed by atoms with Gasteiger partial charge in [-0.05, 0) is 52.3 Å². The minimum atomic E-state index is 0.405. The molecule has 0 saturated heterocycles. The fourth-order valence-electron chi connectivity index (χ4n) is 5.83. The summed E-state index contributed by atoms with van der Waals surface area (Å²) in [6.45, 7) is 0. The van der Waals surface area contributed by atoms with E-state index in [-0.39, 0.29) is 0 Å². The van der Waals surface area contributed by atoms with Gasteiger partial charge >= 0.3 is 0 Å². The highest BCUT2D eigenvalue weighted by atomic mass is 32.1. The van der Waals surface area contributed by atoms with Crippen molar-refractivity contribution in [1.29, 1.82) is 0 Å². The van der Waals surface area contributed by atoms with Crippen LogP contribution in [0.5, 0.6) is 0 Å². The average Bonchev–Trinajstić information content (AvgIpc) is 3.96. The normalized spacial score (nSPS) is 11.4. The van der Waals surface area contributed by atoms with Gasteiger partial charge in [0.15, 0.2) is 11.6 Å². The molecule has 7 heterocycles. The minimum absolute atomic E-state index is 0.405. The van der Waals surface area contributed by atoms with Crippen molar-refractivity contribution in [2.24, 2.45) is 0 Å². The van der Waals surface area contributed by atoms with E-state index in [1.54, 1.807) is 49.4 Å². The number of para-hydroxylation sites is 1. The number of fused-ring (bicyclic) bond motifs is 2. The van der Waals surface area contributed by atoms with E-state index in [9.17, 15) is 0 Å². The van der Waals surface area contributed by atoms with Crippen molar-refractivity contribution in [1.82, 2.24) is 64.9 Å². The highest BCUT2D eigenvalue weighted by Gasteiger charge is 2.30. The molecule has 0 radical (unpaired) electrons. The Morgan fingerprint density at radius 3 is 2.40 bits per heavy atom. The van der Waals surface area contributed by atoms with Crippen LogP contribution < -0.4 is 0 Å². The number of hydrogen-bond donors (Lipinski definition) is 2. The molecule has 0 atom stereocenters. The standard InChI is InChI=1S/C33H19N13S/c1-2-5-21-18(4-1)6-7-23(40-21)29-20-16-19(22-8-15-47-44-22)26(31-38-13-14-39-31)28(32-42-45-46-43-32)25(20)27(24-17-34-11-12-35-24)30(41-29)33-36-9-3-10-37-33/h1-17H,(H,38,39)(H,42,43,45,46). The number of tetrazole rings is 1. The van der Waals surface area contributed by atoms with Crippen LogP contribution in [0.1, 0.15) is 0 Å². The molecule has 14 heteroatoms. The summed E-state index contributed by atoms with van der Waals surface area (Å²) in [6, 6.07) is 17.8. The smallest absolute Gasteiger partial charge is 0.180 e. The lowest BCUT2D eigenvalue weighted by molar-refractivity contribution is 0.881. The van der Waals surface area contributed by atoms with Crippen molar-refractivity contribution >= 4 is 33.2 Å². The number of aromatic amines is 2. The van der Waals surface area contributed by atoms with Crippen LogP contribution in [0.2, 0.25) is 0 Å². The predicted molar refractivity (Wildman–Crippen MR) is 176 cm³/mol. The third-order valence-electron chi connectivity index (χ3n) is 7.76. The largest absolute Gasteiger partial charge is 0.345 e. The molecule has 0 spiro atoms. The summed E-state index contributed by atoms with van der Waals surface area (Å²) in [7, 11) is 0. The number of pyridine rings is 2. The van der Waals surface area contributed by atoms with E-state index in [0.29, 0.717) is 51.4 Å². The first kappa shape index (κ1) is 26.7. The first-order chi connectivity index (χ1) is 23.3. The number of benzene rings is 2. The van der Waals surface area contributed by atoms with Gasteiger partial charge in [0.25, 0.3) is 0 Å². The van der Waals surface area contributed by atoms with Gasteiger partial charge in [0.05, 0.1) is 34.5 Å². The van der Waals surface area contributed by atoms with Gasteiger partial charge in [0.1, 0.15) is 11.5 Å². The summed E-state index contributed by atoms with van der Waals surface area (Å²) in [5.74, 6) is 1.42. The molecule has 0 amide bonds. The van der Waals surface area contributed by atoms with Crippen LogP contribution in [0.4, 0.5) is 0 Å². The number of aromatic nitrogens is 13. The van der Waals surface area contributed by atoms with Crippen molar-refractivity contribution in [2.45, 2.75) is 0 Å². The van der Waals surface area contributed by atoms with E-state index in [2.05, 4.69) is 51.6 Å². The Morgan fingerprint density at radius 2 is 1.62 bits per heavy atom. The van der Waals surface area contributed by atoms with Gasteiger partial charge in [-0.25, -0.2) is 30.0 Å². The van der Waals surface area contributed by atoms with Crippen LogP contribution in [0.3, 0.4) is 0 Å². The van der Waals surface area contributed by atoms with Crippen LogP contribution in [-0.2, 0) is 0 Å². The molecule has 2 N–H and O–H groups in total. The highest BCUT2D eigenvalue weighted by Crippen LogP contribution is 2.49. The number of nitrogens with one attached hydrogen (secondary N) is 2. The Balaban J connectivity index is 1.55. The van der Waals surface area contributed by atoms with Crippen LogP contribution in [0, 0.1) is 0 Å². The molecule has 47 heavy (non-hydrogen) atoms. The van der Waals surface area contributed by atoms with Gasteiger partial charge in [0, 0.05) is 81.0 Å². The van der Waals surface area contributed by atoms with Gasteiger partial charge in [-0.1, -0.05) is 24.3 Å². The first-order valence-corrected chi connectivity index (χ1v) is 15.3. The van der Waals surface area contributed by atoms with E-state index >= 15 is 0 Å². The second-order valence-electron chi connectivity index (χ2n) is 10.4. The zero-order valence-electron chi connectivity index (χ0n) is 24.1. The molecule has 0 unspecified atom stereocenters. The SMILES string of the molecule is c1cnc(-c2nc(-c3ccc4ccccc4n3)c3cc(-c4ccsn4)c(-c4ncc[nH]4)c(-c4nnn[nH]4)c3c2-c2cnccn2)nc1. The molecular formula is C33H19N13S. The van der Waals surface area contributed by atoms with Crippen LogP contribution in [-0.4, -0.2) is 64.9 Å². The molecule has 13 nitrogen and oxygen atoms in total. The first-order valence-electron chi connectivity index (χ1n) is 14.4. The third-order valence-corrected chi connectivity index (χ3v) is 8.32. The molecule has 0 saturated carbocycles. The maximum atomic E-state index is 5.30. The van der Waals surface area contributed by atoms with E-state index < -0.39 is 0 Å². The Labute approximate surface area is 269 Å². The molecule has 0 bridgehead atoms. The van der Waals surface area contributed by atoms with Crippen LogP contribution >= 0.6 is 11.5 Å². The summed E-state index contributed by atoms with van der Waals surface area (Å²) in [5.41, 5.74) is 6.76. The monoisotopic (exact) mass is 629 g/mol.